The van der Waals surface area contributed by atoms with Gasteiger partial charge in [0.25, 0.3) is 5.56 Å². The molecule has 2 heterocycles. The van der Waals surface area contributed by atoms with E-state index in [0.717, 1.165) is 26.0 Å². The first-order valence-corrected chi connectivity index (χ1v) is 16.8. The first-order chi connectivity index (χ1) is 23.1. The van der Waals surface area contributed by atoms with E-state index in [0.29, 0.717) is 55.6 Å². The number of carboxylic acids is 1. The second-order valence-electron chi connectivity index (χ2n) is 11.8. The number of piperazine rings is 1. The molecule has 1 saturated heterocycles. The molecule has 2 atom stereocenters. The van der Waals surface area contributed by atoms with E-state index < -0.39 is 40.4 Å². The molecule has 2 unspecified atom stereocenters. The third-order valence-corrected chi connectivity index (χ3v) is 8.91. The summed E-state index contributed by atoms with van der Waals surface area (Å²) in [6, 6.07) is 21.0. The number of hydrogen-bond acceptors (Lipinski definition) is 8. The van der Waals surface area contributed by atoms with Crippen LogP contribution in [0, 0.1) is 17.8 Å². The minimum atomic E-state index is -2.72. The maximum atomic E-state index is 13.4. The Morgan fingerprint density at radius 2 is 1.62 bits per heavy atom. The van der Waals surface area contributed by atoms with Crippen molar-refractivity contribution in [1.82, 2.24) is 18.7 Å². The van der Waals surface area contributed by atoms with Crippen LogP contribution in [0.15, 0.2) is 82.4 Å². The molecule has 1 aliphatic heterocycles. The van der Waals surface area contributed by atoms with Crippen LogP contribution in [0.25, 0.3) is 10.9 Å². The number of nitrogens with zero attached hydrogens (tertiary/aromatic N) is 5. The van der Waals surface area contributed by atoms with E-state index >= 15 is 0 Å². The van der Waals surface area contributed by atoms with Gasteiger partial charge in [-0.05, 0) is 60.4 Å². The quantitative estimate of drug-likeness (QED) is 0.188. The number of aliphatic carboxylic acids is 1. The first-order valence-electron chi connectivity index (χ1n) is 15.8. The molecule has 1 fully saturated rings. The van der Waals surface area contributed by atoms with Crippen molar-refractivity contribution in [2.75, 3.05) is 31.1 Å². The number of carboxylic acid groups (broad SMARTS) is 1. The summed E-state index contributed by atoms with van der Waals surface area (Å²) >= 11 is -2.72. The smallest absolute Gasteiger partial charge is 0.365 e. The van der Waals surface area contributed by atoms with Gasteiger partial charge in [-0.15, -0.1) is 0 Å². The number of benzene rings is 3. The minimum Gasteiger partial charge on any atom is -0.759 e. The van der Waals surface area contributed by atoms with E-state index in [1.807, 2.05) is 61.5 Å². The fraction of sp³-hybridized carbons (Fsp3) is 0.343. The molecule has 1 aliphatic rings. The van der Waals surface area contributed by atoms with Crippen LogP contribution in [0.3, 0.4) is 0 Å². The van der Waals surface area contributed by atoms with Gasteiger partial charge in [-0.3, -0.25) is 18.4 Å². The normalized spacial score (nSPS) is 14.9. The van der Waals surface area contributed by atoms with Gasteiger partial charge < -0.3 is 19.4 Å². The highest BCUT2D eigenvalue weighted by atomic mass is 32.2. The molecule has 48 heavy (non-hydrogen) atoms. The van der Waals surface area contributed by atoms with E-state index in [-0.39, 0.29) is 6.61 Å². The summed E-state index contributed by atoms with van der Waals surface area (Å²) in [6.45, 7) is 7.54. The van der Waals surface area contributed by atoms with Gasteiger partial charge in [0.2, 0.25) is 0 Å². The van der Waals surface area contributed by atoms with E-state index in [2.05, 4.69) is 16.7 Å². The molecule has 0 saturated carbocycles. The lowest BCUT2D eigenvalue weighted by atomic mass is 10.1. The summed E-state index contributed by atoms with van der Waals surface area (Å²) in [5.74, 6) is 4.68. The summed E-state index contributed by atoms with van der Waals surface area (Å²) in [6.07, 6.45) is 0.696. The minimum absolute atomic E-state index is 0.0710. The van der Waals surface area contributed by atoms with Gasteiger partial charge in [0.1, 0.15) is 12.6 Å². The zero-order chi connectivity index (χ0) is 34.4. The predicted molar refractivity (Wildman–Crippen MR) is 183 cm³/mol. The SMILES string of the molecule is CCCn1c(=O)n(OCc2ccccc2)c(=O)c2cc(C#Cc3ccc(N4CCN(N(C(C(=O)O)C(C)C)S(=O)[O-])CC4)cc3)ccc21. The van der Waals surface area contributed by atoms with Crippen LogP contribution >= 0.6 is 0 Å². The fourth-order valence-corrected chi connectivity index (χ4v) is 6.62. The van der Waals surface area contributed by atoms with Crippen molar-refractivity contribution < 1.29 is 23.5 Å². The Bertz CT molecular complexity index is 1960. The number of hydrazine groups is 1. The summed E-state index contributed by atoms with van der Waals surface area (Å²) < 4.78 is 27.3. The molecule has 0 radical (unpaired) electrons. The average Bonchev–Trinajstić information content (AvgIpc) is 3.08. The topological polar surface area (TPSA) is 140 Å². The van der Waals surface area contributed by atoms with Gasteiger partial charge >= 0.3 is 11.7 Å². The van der Waals surface area contributed by atoms with Crippen molar-refractivity contribution in [3.8, 4) is 11.8 Å². The second kappa shape index (κ2) is 15.4. The zero-order valence-corrected chi connectivity index (χ0v) is 27.9. The Kier molecular flexibility index (Phi) is 11.1. The highest BCUT2D eigenvalue weighted by Crippen LogP contribution is 2.22. The molecule has 0 aliphatic carbocycles. The number of aromatic nitrogens is 2. The highest BCUT2D eigenvalue weighted by Gasteiger charge is 2.35. The van der Waals surface area contributed by atoms with Crippen molar-refractivity contribution in [3.05, 3.63) is 110 Å². The lowest BCUT2D eigenvalue weighted by molar-refractivity contribution is -0.149. The van der Waals surface area contributed by atoms with Crippen molar-refractivity contribution in [2.45, 2.75) is 46.4 Å². The maximum absolute atomic E-state index is 13.4. The van der Waals surface area contributed by atoms with Gasteiger partial charge in [-0.1, -0.05) is 67.7 Å². The molecule has 5 rings (SSSR count). The molecule has 4 aromatic rings. The van der Waals surface area contributed by atoms with Crippen LogP contribution in [0.1, 0.15) is 43.9 Å². The van der Waals surface area contributed by atoms with Crippen molar-refractivity contribution in [2.24, 2.45) is 5.92 Å². The molecule has 12 nitrogen and oxygen atoms in total. The van der Waals surface area contributed by atoms with Crippen molar-refractivity contribution in [1.29, 1.82) is 0 Å². The molecule has 1 N–H and O–H groups in total. The fourth-order valence-electron chi connectivity index (χ4n) is 5.75. The number of aryl methyl sites for hydroxylation is 1. The number of hydrogen-bond donors (Lipinski definition) is 1. The van der Waals surface area contributed by atoms with E-state index in [9.17, 15) is 28.3 Å². The molecule has 0 bridgehead atoms. The van der Waals surface area contributed by atoms with Gasteiger partial charge in [-0.25, -0.2) is 9.80 Å². The van der Waals surface area contributed by atoms with Crippen LogP contribution < -0.4 is 21.0 Å². The van der Waals surface area contributed by atoms with Gasteiger partial charge in [0.05, 0.1) is 10.9 Å². The van der Waals surface area contributed by atoms with Crippen LogP contribution in [0.5, 0.6) is 0 Å². The van der Waals surface area contributed by atoms with Crippen molar-refractivity contribution >= 4 is 33.8 Å². The monoisotopic (exact) mass is 672 g/mol. The summed E-state index contributed by atoms with van der Waals surface area (Å²) in [4.78, 5) is 46.3. The molecule has 3 aromatic carbocycles. The Morgan fingerprint density at radius 1 is 0.979 bits per heavy atom. The summed E-state index contributed by atoms with van der Waals surface area (Å²) in [5, 5.41) is 11.5. The first kappa shape index (κ1) is 34.6. The zero-order valence-electron chi connectivity index (χ0n) is 27.1. The number of anilines is 1. The number of fused-ring (bicyclic) bond motifs is 1. The molecule has 1 aromatic heterocycles. The van der Waals surface area contributed by atoms with Gasteiger partial charge in [0.15, 0.2) is 0 Å². The van der Waals surface area contributed by atoms with Crippen LogP contribution in [-0.4, -0.2) is 70.8 Å². The Hall–Kier alpha value is -4.74. The van der Waals surface area contributed by atoms with Crippen LogP contribution in [0.2, 0.25) is 0 Å². The molecular weight excluding hydrogens is 634 g/mol. The average molecular weight is 673 g/mol. The molecule has 13 heteroatoms. The summed E-state index contributed by atoms with van der Waals surface area (Å²) in [7, 11) is 0. The Morgan fingerprint density at radius 3 is 2.23 bits per heavy atom. The van der Waals surface area contributed by atoms with Gasteiger partial charge in [0, 0.05) is 60.8 Å². The largest absolute Gasteiger partial charge is 0.759 e. The molecule has 0 amide bonds. The van der Waals surface area contributed by atoms with E-state index in [1.165, 1.54) is 0 Å². The lowest BCUT2D eigenvalue weighted by Gasteiger charge is -2.45. The molecule has 252 valence electrons. The third kappa shape index (κ3) is 7.69. The number of rotatable bonds is 11. The Balaban J connectivity index is 1.31. The van der Waals surface area contributed by atoms with Gasteiger partial charge in [-0.2, -0.15) is 4.41 Å². The highest BCUT2D eigenvalue weighted by molar-refractivity contribution is 7.76. The number of carbonyl (C=O) groups is 1. The third-order valence-electron chi connectivity index (χ3n) is 8.15. The predicted octanol–water partition coefficient (Wildman–Crippen LogP) is 2.84. The summed E-state index contributed by atoms with van der Waals surface area (Å²) in [5.41, 5.74) is 2.58. The van der Waals surface area contributed by atoms with Crippen LogP contribution in [-0.2, 0) is 29.2 Å². The standard InChI is InChI=1S/C35H39N5O7S/c1-4-18-38-31-17-14-27(23-30(31)33(41)39(35(38)44)47-24-28-8-6-5-7-9-28)11-10-26-12-15-29(16-13-26)36-19-21-37(22-20-36)40(48(45)46)32(25(2)3)34(42)43/h5-9,12-17,23,25,32H,4,18-22,24H2,1-3H3,(H,42,43)(H,45,46)/p-1. The molecule has 0 spiro atoms. The molecular formula is C35H38N5O7S-. The lowest BCUT2D eigenvalue weighted by Crippen LogP contribution is -2.60. The van der Waals surface area contributed by atoms with Crippen LogP contribution in [0.4, 0.5) is 5.69 Å². The maximum Gasteiger partial charge on any atom is 0.365 e. The second-order valence-corrected chi connectivity index (χ2v) is 12.6. The van der Waals surface area contributed by atoms with E-state index in [1.54, 1.807) is 41.6 Å². The van der Waals surface area contributed by atoms with E-state index in [4.69, 9.17) is 4.84 Å². The Labute approximate surface area is 281 Å². The van der Waals surface area contributed by atoms with Crippen molar-refractivity contribution in [3.63, 3.8) is 0 Å².